The Labute approximate surface area is 120 Å². The third kappa shape index (κ3) is 4.58. The number of benzene rings is 1. The van der Waals surface area contributed by atoms with Gasteiger partial charge in [-0.25, -0.2) is 0 Å². The van der Waals surface area contributed by atoms with Gasteiger partial charge in [0, 0.05) is 10.4 Å². The molecular formula is C16H24BrN. The van der Waals surface area contributed by atoms with Gasteiger partial charge in [-0.05, 0) is 50.7 Å². The molecule has 1 atom stereocenters. The lowest BCUT2D eigenvalue weighted by atomic mass is 9.83. The van der Waals surface area contributed by atoms with Gasteiger partial charge < -0.3 is 4.90 Å². The van der Waals surface area contributed by atoms with Gasteiger partial charge in [-0.15, -0.1) is 0 Å². The Hall–Kier alpha value is -0.600. The summed E-state index contributed by atoms with van der Waals surface area (Å²) in [6, 6.07) is 8.65. The molecule has 0 bridgehead atoms. The van der Waals surface area contributed by atoms with Crippen LogP contribution < -0.4 is 0 Å². The predicted octanol–water partition coefficient (Wildman–Crippen LogP) is 4.70. The smallest absolute Gasteiger partial charge is 0.0175 e. The molecule has 1 rings (SSSR count). The largest absolute Gasteiger partial charge is 0.309 e. The molecule has 0 aliphatic heterocycles. The average molecular weight is 310 g/mol. The molecule has 1 aromatic rings. The fourth-order valence-electron chi connectivity index (χ4n) is 2.05. The van der Waals surface area contributed by atoms with Gasteiger partial charge in [0.2, 0.25) is 0 Å². The van der Waals surface area contributed by atoms with E-state index >= 15 is 0 Å². The minimum Gasteiger partial charge on any atom is -0.309 e. The normalized spacial score (nSPS) is 13.1. The van der Waals surface area contributed by atoms with E-state index < -0.39 is 0 Å². The SMILES string of the molecule is C=C(C(C)C)[C@H](CCN(C)C)c1ccc(Br)cc1. The highest BCUT2D eigenvalue weighted by Crippen LogP contribution is 2.32. The maximum Gasteiger partial charge on any atom is 0.0175 e. The van der Waals surface area contributed by atoms with Crippen molar-refractivity contribution in [2.45, 2.75) is 26.2 Å². The van der Waals surface area contributed by atoms with Gasteiger partial charge in [-0.1, -0.05) is 54.1 Å². The molecule has 0 amide bonds. The zero-order valence-corrected chi connectivity index (χ0v) is 13.5. The topological polar surface area (TPSA) is 3.24 Å². The summed E-state index contributed by atoms with van der Waals surface area (Å²) in [4.78, 5) is 2.24. The number of halogens is 1. The Morgan fingerprint density at radius 1 is 1.22 bits per heavy atom. The van der Waals surface area contributed by atoms with Crippen LogP contribution in [0.1, 0.15) is 31.7 Å². The van der Waals surface area contributed by atoms with Crippen LogP contribution in [0.5, 0.6) is 0 Å². The van der Waals surface area contributed by atoms with Gasteiger partial charge in [-0.3, -0.25) is 0 Å². The van der Waals surface area contributed by atoms with Crippen LogP contribution in [0.15, 0.2) is 40.9 Å². The standard InChI is InChI=1S/C16H24BrN/c1-12(2)13(3)16(10-11-18(4)5)14-6-8-15(17)9-7-14/h6-9,12,16H,3,10-11H2,1-2,4-5H3/t16-/m0/s1. The summed E-state index contributed by atoms with van der Waals surface area (Å²) < 4.78 is 1.13. The number of nitrogens with zero attached hydrogens (tertiary/aromatic N) is 1. The highest BCUT2D eigenvalue weighted by Gasteiger charge is 2.17. The molecule has 0 spiro atoms. The maximum atomic E-state index is 4.30. The molecule has 0 heterocycles. The van der Waals surface area contributed by atoms with Gasteiger partial charge in [0.1, 0.15) is 0 Å². The highest BCUT2D eigenvalue weighted by molar-refractivity contribution is 9.10. The Kier molecular flexibility index (Phi) is 6.10. The summed E-state index contributed by atoms with van der Waals surface area (Å²) in [5.41, 5.74) is 2.71. The lowest BCUT2D eigenvalue weighted by molar-refractivity contribution is 0.385. The molecule has 0 radical (unpaired) electrons. The van der Waals surface area contributed by atoms with Crippen molar-refractivity contribution in [3.05, 3.63) is 46.5 Å². The highest BCUT2D eigenvalue weighted by atomic mass is 79.9. The van der Waals surface area contributed by atoms with E-state index in [2.05, 4.69) is 79.6 Å². The average Bonchev–Trinajstić information content (AvgIpc) is 2.30. The van der Waals surface area contributed by atoms with E-state index in [4.69, 9.17) is 0 Å². The summed E-state index contributed by atoms with van der Waals surface area (Å²) in [6.07, 6.45) is 1.13. The number of rotatable bonds is 6. The van der Waals surface area contributed by atoms with Gasteiger partial charge in [0.25, 0.3) is 0 Å². The molecule has 0 saturated carbocycles. The van der Waals surface area contributed by atoms with Gasteiger partial charge in [0.05, 0.1) is 0 Å². The second-order valence-electron chi connectivity index (χ2n) is 5.43. The molecule has 0 aromatic heterocycles. The van der Waals surface area contributed by atoms with E-state index in [0.29, 0.717) is 11.8 Å². The third-order valence-electron chi connectivity index (χ3n) is 3.33. The molecule has 0 unspecified atom stereocenters. The molecule has 0 fully saturated rings. The molecule has 0 N–H and O–H groups in total. The molecule has 0 aliphatic rings. The predicted molar refractivity (Wildman–Crippen MR) is 84.0 cm³/mol. The van der Waals surface area contributed by atoms with Crippen molar-refractivity contribution in [1.82, 2.24) is 4.90 Å². The minimum absolute atomic E-state index is 0.459. The molecule has 18 heavy (non-hydrogen) atoms. The Bertz CT molecular complexity index is 379. The lowest BCUT2D eigenvalue weighted by Crippen LogP contribution is -2.18. The first-order chi connectivity index (χ1) is 8.41. The van der Waals surface area contributed by atoms with Crippen molar-refractivity contribution in [2.75, 3.05) is 20.6 Å². The summed E-state index contributed by atoms with van der Waals surface area (Å²) in [6.45, 7) is 9.84. The monoisotopic (exact) mass is 309 g/mol. The summed E-state index contributed by atoms with van der Waals surface area (Å²) in [7, 11) is 4.24. The van der Waals surface area contributed by atoms with Crippen molar-refractivity contribution < 1.29 is 0 Å². The quantitative estimate of drug-likeness (QED) is 0.689. The fourth-order valence-corrected chi connectivity index (χ4v) is 2.32. The minimum atomic E-state index is 0.459. The van der Waals surface area contributed by atoms with E-state index in [1.54, 1.807) is 0 Å². The van der Waals surface area contributed by atoms with Crippen molar-refractivity contribution in [3.63, 3.8) is 0 Å². The van der Waals surface area contributed by atoms with Gasteiger partial charge in [0.15, 0.2) is 0 Å². The van der Waals surface area contributed by atoms with Crippen LogP contribution in [0.25, 0.3) is 0 Å². The van der Waals surface area contributed by atoms with Crippen LogP contribution >= 0.6 is 15.9 Å². The van der Waals surface area contributed by atoms with Crippen LogP contribution in [0, 0.1) is 5.92 Å². The first-order valence-electron chi connectivity index (χ1n) is 6.50. The summed E-state index contributed by atoms with van der Waals surface area (Å²) >= 11 is 3.49. The van der Waals surface area contributed by atoms with Crippen molar-refractivity contribution in [1.29, 1.82) is 0 Å². The zero-order valence-electron chi connectivity index (χ0n) is 11.9. The Morgan fingerprint density at radius 2 is 1.78 bits per heavy atom. The molecule has 1 nitrogen and oxygen atoms in total. The van der Waals surface area contributed by atoms with Crippen LogP contribution in [-0.2, 0) is 0 Å². The maximum absolute atomic E-state index is 4.30. The van der Waals surface area contributed by atoms with E-state index in [9.17, 15) is 0 Å². The lowest BCUT2D eigenvalue weighted by Gasteiger charge is -2.24. The van der Waals surface area contributed by atoms with Crippen LogP contribution in [0.3, 0.4) is 0 Å². The van der Waals surface area contributed by atoms with E-state index in [0.717, 1.165) is 17.4 Å². The third-order valence-corrected chi connectivity index (χ3v) is 3.86. The first kappa shape index (κ1) is 15.5. The Balaban J connectivity index is 2.89. The van der Waals surface area contributed by atoms with Crippen LogP contribution in [-0.4, -0.2) is 25.5 Å². The number of hydrogen-bond acceptors (Lipinski definition) is 1. The number of allylic oxidation sites excluding steroid dienone is 1. The summed E-state index contributed by atoms with van der Waals surface area (Å²) in [5.74, 6) is 0.987. The van der Waals surface area contributed by atoms with Gasteiger partial charge >= 0.3 is 0 Å². The zero-order chi connectivity index (χ0) is 13.7. The van der Waals surface area contributed by atoms with Gasteiger partial charge in [-0.2, -0.15) is 0 Å². The van der Waals surface area contributed by atoms with Crippen LogP contribution in [0.4, 0.5) is 0 Å². The van der Waals surface area contributed by atoms with E-state index in [-0.39, 0.29) is 0 Å². The van der Waals surface area contributed by atoms with Crippen molar-refractivity contribution in [2.24, 2.45) is 5.92 Å². The Morgan fingerprint density at radius 3 is 2.22 bits per heavy atom. The molecule has 2 heteroatoms. The molecular weight excluding hydrogens is 286 g/mol. The molecule has 0 aliphatic carbocycles. The van der Waals surface area contributed by atoms with Crippen molar-refractivity contribution >= 4 is 15.9 Å². The van der Waals surface area contributed by atoms with Crippen molar-refractivity contribution in [3.8, 4) is 0 Å². The first-order valence-corrected chi connectivity index (χ1v) is 7.30. The molecule has 0 saturated heterocycles. The van der Waals surface area contributed by atoms with E-state index in [1.807, 2.05) is 0 Å². The molecule has 100 valence electrons. The van der Waals surface area contributed by atoms with Crippen LogP contribution in [0.2, 0.25) is 0 Å². The second-order valence-corrected chi connectivity index (χ2v) is 6.34. The number of hydrogen-bond donors (Lipinski definition) is 0. The second kappa shape index (κ2) is 7.10. The van der Waals surface area contributed by atoms with E-state index in [1.165, 1.54) is 11.1 Å². The summed E-state index contributed by atoms with van der Waals surface area (Å²) in [5, 5.41) is 0. The fraction of sp³-hybridized carbons (Fsp3) is 0.500. The molecule has 1 aromatic carbocycles.